The van der Waals surface area contributed by atoms with Crippen molar-refractivity contribution in [2.45, 2.75) is 70.8 Å². The lowest BCUT2D eigenvalue weighted by atomic mass is 9.73. The van der Waals surface area contributed by atoms with Crippen molar-refractivity contribution >= 4 is 0 Å². The quantitative estimate of drug-likeness (QED) is 0.665. The normalized spacial score (nSPS) is 38.1. The third kappa shape index (κ3) is 3.55. The minimum atomic E-state index is 0.177. The van der Waals surface area contributed by atoms with Crippen LogP contribution in [0.15, 0.2) is 47.6 Å². The van der Waals surface area contributed by atoms with Crippen molar-refractivity contribution < 1.29 is 0 Å². The molecule has 0 aromatic carbocycles. The molecule has 0 aromatic heterocycles. The third-order valence-electron chi connectivity index (χ3n) is 6.59. The molecule has 0 heterocycles. The molecule has 126 valence electrons. The number of nitrogens with two attached hydrogens (primary N) is 1. The minimum absolute atomic E-state index is 0.177. The van der Waals surface area contributed by atoms with Crippen LogP contribution in [0, 0.1) is 17.8 Å². The van der Waals surface area contributed by atoms with Crippen LogP contribution in [-0.4, -0.2) is 6.04 Å². The lowest BCUT2D eigenvalue weighted by molar-refractivity contribution is 0.300. The number of hydrogen-bond acceptors (Lipinski definition) is 1. The first kappa shape index (κ1) is 16.8. The van der Waals surface area contributed by atoms with Crippen LogP contribution in [0.2, 0.25) is 0 Å². The summed E-state index contributed by atoms with van der Waals surface area (Å²) in [6, 6.07) is 0.177. The molecule has 0 radical (unpaired) electrons. The van der Waals surface area contributed by atoms with E-state index in [4.69, 9.17) is 5.73 Å². The van der Waals surface area contributed by atoms with Gasteiger partial charge < -0.3 is 5.73 Å². The van der Waals surface area contributed by atoms with Crippen LogP contribution in [0.5, 0.6) is 0 Å². The zero-order chi connectivity index (χ0) is 16.4. The molecule has 2 N–H and O–H groups in total. The fourth-order valence-corrected chi connectivity index (χ4v) is 5.05. The Bertz CT molecular complexity index is 536. The zero-order valence-electron chi connectivity index (χ0n) is 14.8. The van der Waals surface area contributed by atoms with Gasteiger partial charge in [0.1, 0.15) is 0 Å². The van der Waals surface area contributed by atoms with Gasteiger partial charge in [-0.2, -0.15) is 0 Å². The van der Waals surface area contributed by atoms with Crippen molar-refractivity contribution in [2.24, 2.45) is 23.5 Å². The first-order chi connectivity index (χ1) is 11.1. The summed E-state index contributed by atoms with van der Waals surface area (Å²) in [6.45, 7) is 10.7. The van der Waals surface area contributed by atoms with Crippen LogP contribution >= 0.6 is 0 Å². The fourth-order valence-electron chi connectivity index (χ4n) is 5.05. The monoisotopic (exact) mass is 311 g/mol. The summed E-state index contributed by atoms with van der Waals surface area (Å²) in [5.74, 6) is 2.48. The van der Waals surface area contributed by atoms with Crippen molar-refractivity contribution in [1.29, 1.82) is 0 Å². The van der Waals surface area contributed by atoms with Crippen molar-refractivity contribution in [3.63, 3.8) is 0 Å². The molecule has 3 saturated carbocycles. The Hall–Kier alpha value is -1.08. The van der Waals surface area contributed by atoms with Crippen LogP contribution < -0.4 is 5.73 Å². The summed E-state index contributed by atoms with van der Waals surface area (Å²) in [5, 5.41) is 0. The lowest BCUT2D eigenvalue weighted by Crippen LogP contribution is -2.26. The van der Waals surface area contributed by atoms with E-state index in [0.717, 1.165) is 43.4 Å². The average molecular weight is 312 g/mol. The molecule has 3 rings (SSSR count). The summed E-state index contributed by atoms with van der Waals surface area (Å²) in [6.07, 6.45) is 16.0. The number of allylic oxidation sites excluding steroid dienone is 4. The van der Waals surface area contributed by atoms with Crippen molar-refractivity contribution in [1.82, 2.24) is 0 Å². The highest BCUT2D eigenvalue weighted by atomic mass is 14.6. The highest BCUT2D eigenvalue weighted by Gasteiger charge is 2.40. The second kappa shape index (κ2) is 7.21. The highest BCUT2D eigenvalue weighted by Crippen LogP contribution is 2.51. The highest BCUT2D eigenvalue weighted by molar-refractivity contribution is 5.28. The summed E-state index contributed by atoms with van der Waals surface area (Å²) in [7, 11) is 0. The van der Waals surface area contributed by atoms with Gasteiger partial charge in [0.25, 0.3) is 0 Å². The van der Waals surface area contributed by atoms with Gasteiger partial charge in [0.05, 0.1) is 0 Å². The Kier molecular flexibility index (Phi) is 5.26. The molecule has 4 atom stereocenters. The second-order valence-electron chi connectivity index (χ2n) is 7.89. The Morgan fingerprint density at radius 2 is 2.00 bits per heavy atom. The van der Waals surface area contributed by atoms with Crippen LogP contribution in [0.4, 0.5) is 0 Å². The average Bonchev–Trinajstić information content (AvgIpc) is 3.00. The molecule has 3 aliphatic rings. The van der Waals surface area contributed by atoms with Gasteiger partial charge in [0.15, 0.2) is 0 Å². The van der Waals surface area contributed by atoms with Gasteiger partial charge in [-0.3, -0.25) is 0 Å². The first-order valence-corrected chi connectivity index (χ1v) is 9.59. The van der Waals surface area contributed by atoms with Crippen molar-refractivity contribution in [3.05, 3.63) is 47.6 Å². The van der Waals surface area contributed by atoms with E-state index in [-0.39, 0.29) is 6.04 Å². The van der Waals surface area contributed by atoms with Crippen molar-refractivity contribution in [3.8, 4) is 0 Å². The van der Waals surface area contributed by atoms with Crippen LogP contribution in [0.1, 0.15) is 64.7 Å². The van der Waals surface area contributed by atoms with E-state index < -0.39 is 0 Å². The largest absolute Gasteiger partial charge is 0.324 e. The zero-order valence-corrected chi connectivity index (χ0v) is 14.8. The molecule has 3 aliphatic carbocycles. The maximum atomic E-state index is 6.16. The molecule has 0 bridgehead atoms. The summed E-state index contributed by atoms with van der Waals surface area (Å²) >= 11 is 0. The number of hydrogen-bond donors (Lipinski definition) is 1. The smallest absolute Gasteiger partial charge is 0.0288 e. The van der Waals surface area contributed by atoms with E-state index in [2.05, 4.69) is 32.2 Å². The van der Waals surface area contributed by atoms with Crippen molar-refractivity contribution in [2.75, 3.05) is 0 Å². The molecule has 4 unspecified atom stereocenters. The standard InChI is InChI=1S/C22H33N/c1-4-15(2)19-12-13-20-18(6-5-7-21(19)20)11-10-17-9-8-16(3)22(23)14-17/h10-11,19-22H,2-9,12-14,23H2,1H3/b17-10-,18-11+. The maximum Gasteiger partial charge on any atom is 0.0288 e. The van der Waals surface area contributed by atoms with Gasteiger partial charge in [-0.25, -0.2) is 0 Å². The van der Waals surface area contributed by atoms with E-state index in [1.54, 1.807) is 5.57 Å². The lowest BCUT2D eigenvalue weighted by Gasteiger charge is -2.32. The van der Waals surface area contributed by atoms with Gasteiger partial charge in [-0.1, -0.05) is 54.5 Å². The van der Waals surface area contributed by atoms with E-state index in [1.165, 1.54) is 48.8 Å². The van der Waals surface area contributed by atoms with Gasteiger partial charge in [-0.15, -0.1) is 0 Å². The Labute approximate surface area is 142 Å². The van der Waals surface area contributed by atoms with Crippen LogP contribution in [0.3, 0.4) is 0 Å². The summed E-state index contributed by atoms with van der Waals surface area (Å²) < 4.78 is 0. The van der Waals surface area contributed by atoms with E-state index in [1.807, 2.05) is 0 Å². The molecule has 1 nitrogen and oxygen atoms in total. The maximum absolute atomic E-state index is 6.16. The minimum Gasteiger partial charge on any atom is -0.324 e. The Morgan fingerprint density at radius 1 is 1.17 bits per heavy atom. The van der Waals surface area contributed by atoms with Gasteiger partial charge in [0.2, 0.25) is 0 Å². The van der Waals surface area contributed by atoms with Gasteiger partial charge in [0, 0.05) is 6.04 Å². The molecule has 0 spiro atoms. The number of rotatable bonds is 3. The van der Waals surface area contributed by atoms with Crippen LogP contribution in [0.25, 0.3) is 0 Å². The molecule has 0 aliphatic heterocycles. The summed E-state index contributed by atoms with van der Waals surface area (Å²) in [4.78, 5) is 0. The molecule has 0 amide bonds. The topological polar surface area (TPSA) is 26.0 Å². The van der Waals surface area contributed by atoms with E-state index in [9.17, 15) is 0 Å². The third-order valence-corrected chi connectivity index (χ3v) is 6.59. The molecule has 23 heavy (non-hydrogen) atoms. The number of fused-ring (bicyclic) bond motifs is 1. The molecule has 0 saturated heterocycles. The molecular formula is C22H33N. The summed E-state index contributed by atoms with van der Waals surface area (Å²) in [5.41, 5.74) is 12.1. The van der Waals surface area contributed by atoms with E-state index >= 15 is 0 Å². The Morgan fingerprint density at radius 3 is 2.74 bits per heavy atom. The molecular weight excluding hydrogens is 278 g/mol. The van der Waals surface area contributed by atoms with Gasteiger partial charge >= 0.3 is 0 Å². The fraction of sp³-hybridized carbons (Fsp3) is 0.636. The SMILES string of the molecule is C=C1CC/C(=C/C=C2\CCCC3C(C(=C)CC)CCC23)CC1N. The Balaban J connectivity index is 1.71. The van der Waals surface area contributed by atoms with E-state index in [0.29, 0.717) is 0 Å². The first-order valence-electron chi connectivity index (χ1n) is 9.59. The molecule has 0 aromatic rings. The predicted octanol–water partition coefficient (Wildman–Crippen LogP) is 5.70. The second-order valence-corrected chi connectivity index (χ2v) is 7.89. The van der Waals surface area contributed by atoms with Crippen LogP contribution in [-0.2, 0) is 0 Å². The molecule has 3 fully saturated rings. The molecule has 1 heteroatoms. The predicted molar refractivity (Wildman–Crippen MR) is 100 cm³/mol. The van der Waals surface area contributed by atoms with Gasteiger partial charge in [-0.05, 0) is 75.5 Å².